The fraction of sp³-hybridized carbons (Fsp3) is 1.00. The number of hydrogen-bond acceptors (Lipinski definition) is 3. The average Bonchev–Trinajstić information content (AvgIpc) is 3.42. The maximum absolute atomic E-state index is 2.97. The van der Waals surface area contributed by atoms with E-state index < -0.39 is 0 Å². The lowest BCUT2D eigenvalue weighted by Gasteiger charge is -2.34. The van der Waals surface area contributed by atoms with E-state index in [4.69, 9.17) is 0 Å². The molecular weight excluding hydrogens is 390 g/mol. The normalized spacial score (nSPS) is 48.0. The van der Waals surface area contributed by atoms with Gasteiger partial charge in [0, 0.05) is 56.9 Å². The second-order valence-corrected chi connectivity index (χ2v) is 15.3. The second kappa shape index (κ2) is 7.69. The molecule has 0 aromatic rings. The van der Waals surface area contributed by atoms with Gasteiger partial charge in [0.15, 0.2) is 0 Å². The zero-order valence-electron chi connectivity index (χ0n) is 22.0. The first-order chi connectivity index (χ1) is 15.0. The van der Waals surface area contributed by atoms with E-state index >= 15 is 0 Å². The van der Waals surface area contributed by atoms with E-state index in [9.17, 15) is 0 Å². The van der Waals surface area contributed by atoms with Crippen molar-refractivity contribution in [3.8, 4) is 0 Å². The van der Waals surface area contributed by atoms with Gasteiger partial charge in [0.1, 0.15) is 0 Å². The van der Waals surface area contributed by atoms with E-state index in [1.165, 1.54) is 77.8 Å². The summed E-state index contributed by atoms with van der Waals surface area (Å²) in [5.41, 5.74) is 0.883. The molecule has 3 heteroatoms. The van der Waals surface area contributed by atoms with Gasteiger partial charge in [0.05, 0.1) is 0 Å². The summed E-state index contributed by atoms with van der Waals surface area (Å²) >= 11 is 0. The minimum atomic E-state index is 0.362. The number of nitrogens with zero attached hydrogens (tertiary/aromatic N) is 3. The highest BCUT2D eigenvalue weighted by molar-refractivity contribution is 5.04. The maximum atomic E-state index is 2.97. The van der Waals surface area contributed by atoms with Crippen molar-refractivity contribution in [3.63, 3.8) is 0 Å². The van der Waals surface area contributed by atoms with Crippen LogP contribution in [0.25, 0.3) is 0 Å². The molecule has 0 N–H and O–H groups in total. The van der Waals surface area contributed by atoms with Crippen LogP contribution < -0.4 is 0 Å². The van der Waals surface area contributed by atoms with E-state index in [1.54, 1.807) is 0 Å². The Kier molecular flexibility index (Phi) is 5.37. The molecule has 0 aromatic carbocycles. The van der Waals surface area contributed by atoms with Crippen molar-refractivity contribution in [3.05, 3.63) is 0 Å². The first kappa shape index (κ1) is 22.4. The van der Waals surface area contributed by atoms with Gasteiger partial charge >= 0.3 is 0 Å². The second-order valence-electron chi connectivity index (χ2n) is 15.3. The van der Waals surface area contributed by atoms with Gasteiger partial charge in [-0.2, -0.15) is 0 Å². The molecule has 6 rings (SSSR count). The zero-order chi connectivity index (χ0) is 22.4. The van der Waals surface area contributed by atoms with Crippen molar-refractivity contribution in [1.29, 1.82) is 0 Å². The lowest BCUT2D eigenvalue weighted by atomic mass is 9.79. The molecule has 0 aromatic heterocycles. The van der Waals surface area contributed by atoms with E-state index in [2.05, 4.69) is 56.2 Å². The van der Waals surface area contributed by atoms with Gasteiger partial charge in [-0.05, 0) is 106 Å². The van der Waals surface area contributed by atoms with Gasteiger partial charge in [-0.3, -0.25) is 14.7 Å². The van der Waals surface area contributed by atoms with E-state index in [0.717, 1.165) is 53.5 Å². The Morgan fingerprint density at radius 1 is 0.469 bits per heavy atom. The molecule has 6 aliphatic rings. The van der Waals surface area contributed by atoms with Crippen LogP contribution in [0.2, 0.25) is 0 Å². The van der Waals surface area contributed by atoms with Crippen molar-refractivity contribution in [2.45, 2.75) is 97.7 Å². The predicted molar refractivity (Wildman–Crippen MR) is 134 cm³/mol. The van der Waals surface area contributed by atoms with Crippen LogP contribution in [0.4, 0.5) is 0 Å². The van der Waals surface area contributed by atoms with Crippen LogP contribution in [0, 0.1) is 46.8 Å². The Morgan fingerprint density at radius 2 is 0.812 bits per heavy atom. The number of likely N-dealkylation sites (tertiary alicyclic amines) is 3. The molecule has 182 valence electrons. The number of fused-ring (bicyclic) bond motifs is 3. The topological polar surface area (TPSA) is 9.72 Å². The molecule has 3 saturated carbocycles. The summed E-state index contributed by atoms with van der Waals surface area (Å²) in [6.07, 6.45) is 9.03. The molecule has 0 radical (unpaired) electrons. The summed E-state index contributed by atoms with van der Waals surface area (Å²) in [5, 5.41) is 0. The number of hydrogen-bond donors (Lipinski definition) is 0. The maximum Gasteiger partial charge on any atom is 0.0125 e. The monoisotopic (exact) mass is 441 g/mol. The van der Waals surface area contributed by atoms with Gasteiger partial charge < -0.3 is 0 Å². The van der Waals surface area contributed by atoms with Crippen molar-refractivity contribution < 1.29 is 0 Å². The molecule has 32 heavy (non-hydrogen) atoms. The van der Waals surface area contributed by atoms with Gasteiger partial charge in [-0.15, -0.1) is 0 Å². The van der Waals surface area contributed by atoms with Crippen molar-refractivity contribution in [2.24, 2.45) is 46.8 Å². The summed E-state index contributed by atoms with van der Waals surface area (Å²) < 4.78 is 0. The van der Waals surface area contributed by atoms with Crippen molar-refractivity contribution in [2.75, 3.05) is 39.3 Å². The predicted octanol–water partition coefficient (Wildman–Crippen LogP) is 5.21. The largest absolute Gasteiger partial charge is 0.300 e. The highest BCUT2D eigenvalue weighted by Crippen LogP contribution is 2.51. The Hall–Kier alpha value is -0.120. The standard InChI is InChI=1S/C29H51N3/c1-28(2,3)25-7-19-13-30(14-20(19)8-25)26-9-21-15-31(16-22(21)10-26)27-11-23-17-32(29(4,5)6)18-24(23)12-27/h19-27H,7-18H2,1-6H3. The molecule has 3 aliphatic carbocycles. The van der Waals surface area contributed by atoms with Crippen LogP contribution in [-0.2, 0) is 0 Å². The van der Waals surface area contributed by atoms with Crippen LogP contribution >= 0.6 is 0 Å². The Bertz CT molecular complexity index is 604. The molecule has 3 saturated heterocycles. The molecular formula is C29H51N3. The third-order valence-corrected chi connectivity index (χ3v) is 11.5. The van der Waals surface area contributed by atoms with Gasteiger partial charge in [-0.25, -0.2) is 0 Å². The Balaban J connectivity index is 0.981. The smallest absolute Gasteiger partial charge is 0.0125 e. The molecule has 0 bridgehead atoms. The van der Waals surface area contributed by atoms with Gasteiger partial charge in [0.2, 0.25) is 0 Å². The minimum Gasteiger partial charge on any atom is -0.300 e. The van der Waals surface area contributed by atoms with Crippen LogP contribution in [0.15, 0.2) is 0 Å². The van der Waals surface area contributed by atoms with Gasteiger partial charge in [-0.1, -0.05) is 20.8 Å². The first-order valence-electron chi connectivity index (χ1n) is 14.3. The number of rotatable bonds is 2. The average molecular weight is 442 g/mol. The summed E-state index contributed by atoms with van der Waals surface area (Å²) in [6, 6.07) is 1.84. The van der Waals surface area contributed by atoms with Crippen LogP contribution in [0.5, 0.6) is 0 Å². The molecule has 0 spiro atoms. The van der Waals surface area contributed by atoms with Crippen LogP contribution in [0.1, 0.15) is 80.1 Å². The van der Waals surface area contributed by atoms with Gasteiger partial charge in [0.25, 0.3) is 0 Å². The molecule has 6 atom stereocenters. The molecule has 3 aliphatic heterocycles. The third kappa shape index (κ3) is 3.91. The molecule has 3 heterocycles. The summed E-state index contributed by atoms with van der Waals surface area (Å²) in [4.78, 5) is 8.70. The van der Waals surface area contributed by atoms with Crippen molar-refractivity contribution >= 4 is 0 Å². The Labute approximate surface area is 198 Å². The Morgan fingerprint density at radius 3 is 1.16 bits per heavy atom. The molecule has 6 fully saturated rings. The summed E-state index contributed by atoms with van der Waals surface area (Å²) in [6.45, 7) is 23.1. The minimum absolute atomic E-state index is 0.362. The summed E-state index contributed by atoms with van der Waals surface area (Å²) in [5.74, 6) is 6.98. The first-order valence-corrected chi connectivity index (χ1v) is 14.3. The van der Waals surface area contributed by atoms with Crippen molar-refractivity contribution in [1.82, 2.24) is 14.7 Å². The third-order valence-electron chi connectivity index (χ3n) is 11.5. The molecule has 6 unspecified atom stereocenters. The lowest BCUT2D eigenvalue weighted by molar-refractivity contribution is 0.141. The van der Waals surface area contributed by atoms with Crippen LogP contribution in [0.3, 0.4) is 0 Å². The van der Waals surface area contributed by atoms with E-state index in [-0.39, 0.29) is 0 Å². The highest BCUT2D eigenvalue weighted by Gasteiger charge is 2.51. The van der Waals surface area contributed by atoms with Crippen LogP contribution in [-0.4, -0.2) is 71.6 Å². The van der Waals surface area contributed by atoms with E-state index in [1.807, 2.05) is 0 Å². The SMILES string of the molecule is CC(C)(C)C1CC2CN(C3CC4CN(C5CC6CN(C(C)(C)C)CC6C5)CC4C3)CC2C1. The highest BCUT2D eigenvalue weighted by atomic mass is 15.3. The quantitative estimate of drug-likeness (QED) is 0.582. The zero-order valence-corrected chi connectivity index (χ0v) is 22.0. The molecule has 3 nitrogen and oxygen atoms in total. The fourth-order valence-electron chi connectivity index (χ4n) is 9.36. The molecule has 0 amide bonds. The lowest BCUT2D eigenvalue weighted by Crippen LogP contribution is -2.41. The summed E-state index contributed by atoms with van der Waals surface area (Å²) in [7, 11) is 0. The van der Waals surface area contributed by atoms with E-state index in [0.29, 0.717) is 11.0 Å². The fourth-order valence-corrected chi connectivity index (χ4v) is 9.36.